The summed E-state index contributed by atoms with van der Waals surface area (Å²) in [5.41, 5.74) is 6.32. The minimum Gasteiger partial charge on any atom is -0.388 e. The molecular formula is C33H43Cl3N12O6. The first kappa shape index (κ1) is 42.9. The number of H-pyrrole nitrogens is 1. The molecule has 0 aromatic carbocycles. The molecule has 21 heteroatoms. The Morgan fingerprint density at radius 1 is 0.778 bits per heavy atom. The van der Waals surface area contributed by atoms with Crippen LogP contribution in [0.4, 0.5) is 22.7 Å². The first-order chi connectivity index (χ1) is 25.2. The topological polar surface area (TPSA) is 239 Å². The van der Waals surface area contributed by atoms with E-state index < -0.39 is 23.1 Å². The number of hydrogen-bond acceptors (Lipinski definition) is 8. The lowest BCUT2D eigenvalue weighted by atomic mass is 10.2. The zero-order valence-electron chi connectivity index (χ0n) is 29.8. The average molecular weight is 810 g/mol. The monoisotopic (exact) mass is 808 g/mol. The van der Waals surface area contributed by atoms with Crippen molar-refractivity contribution in [3.63, 3.8) is 0 Å². The number of aromatic amines is 1. The molecule has 4 aromatic rings. The van der Waals surface area contributed by atoms with Crippen molar-refractivity contribution in [1.29, 1.82) is 5.41 Å². The number of carbonyl (C=O) groups excluding carboxylic acids is 4. The van der Waals surface area contributed by atoms with Crippen LogP contribution in [0.15, 0.2) is 52.6 Å². The summed E-state index contributed by atoms with van der Waals surface area (Å²) in [6.07, 6.45) is 6.73. The largest absolute Gasteiger partial charge is 0.388 e. The van der Waals surface area contributed by atoms with E-state index in [4.69, 9.17) is 34.3 Å². The van der Waals surface area contributed by atoms with E-state index in [1.165, 1.54) is 33.5 Å². The SMILES string of the molecule is Cl.Cn1cc(NC(=O)c2cc(NC(=O)c3cc(NC(=O)CCCn4cc(N(CCCl)CCCl)c(=O)[nH]c4=O)cn3C)cn2C)cc1C(=O)NCCC(=N)N. The van der Waals surface area contributed by atoms with E-state index in [-0.39, 0.29) is 91.2 Å². The van der Waals surface area contributed by atoms with Gasteiger partial charge in [0.05, 0.1) is 22.9 Å². The van der Waals surface area contributed by atoms with Crippen molar-refractivity contribution in [3.05, 3.63) is 80.9 Å². The standard InChI is InChI=1S/C33H42Cl2N12O6.ClH/c1-43-17-21(14-23(43)29(49)38-9-6-27(36)37)40-31(51)25-15-22(18-45(25)3)41-30(50)24-13-20(16-44(24)2)39-28(48)5-4-10-47-19-26(32(52)42-33(47)53)46(11-7-34)12-8-35;/h13-19H,4-12H2,1-3H3,(H3,36,37)(H,38,49)(H,39,48)(H,40,51)(H,41,50)(H,42,52,53);1H. The highest BCUT2D eigenvalue weighted by Crippen LogP contribution is 2.20. The quantitative estimate of drug-likeness (QED) is 0.0446. The molecule has 0 saturated heterocycles. The van der Waals surface area contributed by atoms with Crippen LogP contribution in [-0.4, -0.2) is 84.1 Å². The Morgan fingerprint density at radius 3 is 1.74 bits per heavy atom. The number of carbonyl (C=O) groups is 4. The normalized spacial score (nSPS) is 10.7. The zero-order valence-corrected chi connectivity index (χ0v) is 32.2. The Morgan fingerprint density at radius 2 is 1.26 bits per heavy atom. The lowest BCUT2D eigenvalue weighted by Gasteiger charge is -2.22. The fraction of sp³-hybridized carbons (Fsp3) is 0.364. The van der Waals surface area contributed by atoms with E-state index in [1.807, 2.05) is 0 Å². The molecule has 0 aliphatic rings. The maximum Gasteiger partial charge on any atom is 0.328 e. The molecule has 54 heavy (non-hydrogen) atoms. The highest BCUT2D eigenvalue weighted by molar-refractivity contribution is 6.18. The number of amides is 4. The number of nitrogens with two attached hydrogens (primary N) is 1. The number of anilines is 4. The summed E-state index contributed by atoms with van der Waals surface area (Å²) in [6, 6.07) is 4.53. The van der Waals surface area contributed by atoms with Crippen molar-refractivity contribution in [2.24, 2.45) is 26.9 Å². The smallest absolute Gasteiger partial charge is 0.328 e. The third kappa shape index (κ3) is 11.3. The van der Waals surface area contributed by atoms with E-state index >= 15 is 0 Å². The molecule has 0 radical (unpaired) electrons. The van der Waals surface area contributed by atoms with E-state index in [9.17, 15) is 28.8 Å². The number of nitrogens with zero attached hydrogens (tertiary/aromatic N) is 5. The van der Waals surface area contributed by atoms with E-state index in [2.05, 4.69) is 26.3 Å². The first-order valence-corrected chi connectivity index (χ1v) is 17.5. The predicted octanol–water partition coefficient (Wildman–Crippen LogP) is 2.24. The number of amidine groups is 1. The number of aromatic nitrogens is 5. The molecule has 0 aliphatic carbocycles. The molecule has 4 aromatic heterocycles. The van der Waals surface area contributed by atoms with Gasteiger partial charge in [0.1, 0.15) is 22.8 Å². The van der Waals surface area contributed by atoms with Crippen LogP contribution in [-0.2, 0) is 32.5 Å². The Kier molecular flexibility index (Phi) is 15.6. The van der Waals surface area contributed by atoms with Crippen LogP contribution in [0.25, 0.3) is 0 Å². The number of alkyl halides is 2. The molecule has 0 saturated carbocycles. The van der Waals surface area contributed by atoms with Crippen molar-refractivity contribution in [1.82, 2.24) is 28.6 Å². The highest BCUT2D eigenvalue weighted by Gasteiger charge is 2.19. The van der Waals surface area contributed by atoms with Gasteiger partial charge < -0.3 is 45.6 Å². The van der Waals surface area contributed by atoms with Crippen LogP contribution >= 0.6 is 35.6 Å². The van der Waals surface area contributed by atoms with Crippen LogP contribution in [0, 0.1) is 5.41 Å². The molecule has 0 spiro atoms. The van der Waals surface area contributed by atoms with Crippen LogP contribution < -0.4 is 43.1 Å². The summed E-state index contributed by atoms with van der Waals surface area (Å²) in [7, 11) is 4.94. The summed E-state index contributed by atoms with van der Waals surface area (Å²) in [4.78, 5) is 80.3. The van der Waals surface area contributed by atoms with Gasteiger partial charge in [-0.05, 0) is 24.6 Å². The number of aryl methyl sites for hydroxylation is 4. The van der Waals surface area contributed by atoms with Crippen LogP contribution in [0.2, 0.25) is 0 Å². The van der Waals surface area contributed by atoms with Gasteiger partial charge in [-0.3, -0.25) is 38.9 Å². The molecular weight excluding hydrogens is 767 g/mol. The third-order valence-corrected chi connectivity index (χ3v) is 8.37. The maximum atomic E-state index is 13.2. The second-order valence-corrected chi connectivity index (χ2v) is 12.9. The van der Waals surface area contributed by atoms with Gasteiger partial charge in [-0.15, -0.1) is 35.6 Å². The van der Waals surface area contributed by atoms with E-state index in [0.717, 1.165) is 0 Å². The summed E-state index contributed by atoms with van der Waals surface area (Å²) < 4.78 is 5.96. The molecule has 0 atom stereocenters. The number of rotatable bonds is 18. The van der Waals surface area contributed by atoms with Gasteiger partial charge in [-0.1, -0.05) is 0 Å². The van der Waals surface area contributed by atoms with Gasteiger partial charge in [0.2, 0.25) is 5.91 Å². The lowest BCUT2D eigenvalue weighted by molar-refractivity contribution is -0.116. The summed E-state index contributed by atoms with van der Waals surface area (Å²) in [5.74, 6) is -1.21. The van der Waals surface area contributed by atoms with Crippen molar-refractivity contribution in [3.8, 4) is 0 Å². The van der Waals surface area contributed by atoms with Crippen LogP contribution in [0.5, 0.6) is 0 Å². The molecule has 18 nitrogen and oxygen atoms in total. The fourth-order valence-electron chi connectivity index (χ4n) is 5.45. The van der Waals surface area contributed by atoms with Gasteiger partial charge in [0.15, 0.2) is 0 Å². The number of hydrogen-bond donors (Lipinski definition) is 7. The zero-order chi connectivity index (χ0) is 38.8. The van der Waals surface area contributed by atoms with Crippen molar-refractivity contribution >= 4 is 87.8 Å². The summed E-state index contributed by atoms with van der Waals surface area (Å²) in [6.45, 7) is 1.10. The Bertz CT molecular complexity index is 2110. The van der Waals surface area contributed by atoms with Gasteiger partial charge >= 0.3 is 5.69 Å². The lowest BCUT2D eigenvalue weighted by Crippen LogP contribution is -2.38. The van der Waals surface area contributed by atoms with Crippen molar-refractivity contribution in [2.75, 3.05) is 52.2 Å². The summed E-state index contributed by atoms with van der Waals surface area (Å²) >= 11 is 11.7. The van der Waals surface area contributed by atoms with Crippen LogP contribution in [0.3, 0.4) is 0 Å². The Balaban J connectivity index is 0.00000784. The average Bonchev–Trinajstić information content (AvgIpc) is 3.76. The molecule has 4 heterocycles. The van der Waals surface area contributed by atoms with Crippen LogP contribution in [0.1, 0.15) is 50.7 Å². The van der Waals surface area contributed by atoms with E-state index in [0.29, 0.717) is 35.8 Å². The molecule has 4 amide bonds. The molecule has 0 fully saturated rings. The molecule has 0 aliphatic heterocycles. The number of halogens is 3. The molecule has 0 unspecified atom stereocenters. The van der Waals surface area contributed by atoms with E-state index in [1.54, 1.807) is 53.8 Å². The second kappa shape index (κ2) is 19.6. The fourth-order valence-corrected chi connectivity index (χ4v) is 5.85. The molecule has 0 bridgehead atoms. The predicted molar refractivity (Wildman–Crippen MR) is 211 cm³/mol. The second-order valence-electron chi connectivity index (χ2n) is 12.1. The maximum absolute atomic E-state index is 13.2. The minimum absolute atomic E-state index is 0. The molecule has 292 valence electrons. The first-order valence-electron chi connectivity index (χ1n) is 16.4. The van der Waals surface area contributed by atoms with Gasteiger partial charge in [0, 0.05) is 96.7 Å². The Labute approximate surface area is 325 Å². The van der Waals surface area contributed by atoms with Gasteiger partial charge in [-0.2, -0.15) is 0 Å². The van der Waals surface area contributed by atoms with Crippen molar-refractivity contribution < 1.29 is 19.2 Å². The van der Waals surface area contributed by atoms with Gasteiger partial charge in [-0.25, -0.2) is 4.79 Å². The third-order valence-electron chi connectivity index (χ3n) is 8.04. The summed E-state index contributed by atoms with van der Waals surface area (Å²) in [5, 5.41) is 18.2. The Hall–Kier alpha value is -5.46. The minimum atomic E-state index is -0.601. The van der Waals surface area contributed by atoms with Crippen molar-refractivity contribution in [2.45, 2.75) is 25.8 Å². The molecule has 8 N–H and O–H groups in total. The highest BCUT2D eigenvalue weighted by atomic mass is 35.5. The number of nitrogens with one attached hydrogen (secondary N) is 6. The van der Waals surface area contributed by atoms with Gasteiger partial charge in [0.25, 0.3) is 23.3 Å². The molecule has 4 rings (SSSR count).